The standard InChI is InChI=1S/C12H20N4O2S/c1-9-7-12(15-10(2)14-9)16-5-3-11(4-6-16)8-19(13,17)18/h7,11H,3-6,8H2,1-2H3,(H2,13,17,18). The van der Waals surface area contributed by atoms with Crippen LogP contribution in [0.25, 0.3) is 0 Å². The molecule has 0 unspecified atom stereocenters. The second kappa shape index (κ2) is 5.42. The van der Waals surface area contributed by atoms with Crippen molar-refractivity contribution in [3.05, 3.63) is 17.6 Å². The summed E-state index contributed by atoms with van der Waals surface area (Å²) in [6.45, 7) is 5.46. The highest BCUT2D eigenvalue weighted by molar-refractivity contribution is 7.89. The smallest absolute Gasteiger partial charge is 0.209 e. The lowest BCUT2D eigenvalue weighted by Crippen LogP contribution is -2.37. The molecule has 0 atom stereocenters. The van der Waals surface area contributed by atoms with E-state index in [1.807, 2.05) is 19.9 Å². The fraction of sp³-hybridized carbons (Fsp3) is 0.667. The average Bonchev–Trinajstić information content (AvgIpc) is 2.26. The van der Waals surface area contributed by atoms with Crippen molar-refractivity contribution < 1.29 is 8.42 Å². The first-order valence-electron chi connectivity index (χ1n) is 6.41. The van der Waals surface area contributed by atoms with Gasteiger partial charge in [-0.3, -0.25) is 0 Å². The van der Waals surface area contributed by atoms with Gasteiger partial charge in [0.05, 0.1) is 5.75 Å². The molecule has 1 aromatic heterocycles. The topological polar surface area (TPSA) is 89.2 Å². The average molecular weight is 284 g/mol. The fourth-order valence-electron chi connectivity index (χ4n) is 2.52. The van der Waals surface area contributed by atoms with Crippen molar-refractivity contribution in [1.82, 2.24) is 9.97 Å². The molecule has 1 aliphatic heterocycles. The third-order valence-electron chi connectivity index (χ3n) is 3.36. The first-order valence-corrected chi connectivity index (χ1v) is 8.13. The van der Waals surface area contributed by atoms with E-state index in [0.29, 0.717) is 0 Å². The van der Waals surface area contributed by atoms with Gasteiger partial charge in [0.1, 0.15) is 11.6 Å². The van der Waals surface area contributed by atoms with E-state index in [1.165, 1.54) is 0 Å². The van der Waals surface area contributed by atoms with Gasteiger partial charge in [-0.1, -0.05) is 0 Å². The molecule has 106 valence electrons. The van der Waals surface area contributed by atoms with Gasteiger partial charge in [0, 0.05) is 24.8 Å². The zero-order valence-corrected chi connectivity index (χ0v) is 12.2. The van der Waals surface area contributed by atoms with E-state index in [1.54, 1.807) is 0 Å². The summed E-state index contributed by atoms with van der Waals surface area (Å²) < 4.78 is 22.2. The molecule has 1 saturated heterocycles. The maximum absolute atomic E-state index is 11.1. The number of rotatable bonds is 3. The number of hydrogen-bond donors (Lipinski definition) is 1. The molecule has 0 aliphatic carbocycles. The van der Waals surface area contributed by atoms with Gasteiger partial charge in [-0.25, -0.2) is 23.5 Å². The predicted octanol–water partition coefficient (Wildman–Crippen LogP) is 0.598. The van der Waals surface area contributed by atoms with Gasteiger partial charge in [-0.15, -0.1) is 0 Å². The van der Waals surface area contributed by atoms with Crippen LogP contribution < -0.4 is 10.0 Å². The van der Waals surface area contributed by atoms with Crippen molar-refractivity contribution in [2.45, 2.75) is 26.7 Å². The second-order valence-electron chi connectivity index (χ2n) is 5.17. The highest BCUT2D eigenvalue weighted by Crippen LogP contribution is 2.23. The first-order chi connectivity index (χ1) is 8.83. The molecule has 0 spiro atoms. The van der Waals surface area contributed by atoms with E-state index in [2.05, 4.69) is 14.9 Å². The SMILES string of the molecule is Cc1cc(N2CCC(CS(N)(=O)=O)CC2)nc(C)n1. The van der Waals surface area contributed by atoms with Crippen LogP contribution in [-0.4, -0.2) is 37.2 Å². The summed E-state index contributed by atoms with van der Waals surface area (Å²) in [7, 11) is -3.36. The molecule has 1 fully saturated rings. The van der Waals surface area contributed by atoms with Crippen molar-refractivity contribution in [3.63, 3.8) is 0 Å². The van der Waals surface area contributed by atoms with Crippen LogP contribution in [0.15, 0.2) is 6.07 Å². The Morgan fingerprint density at radius 1 is 1.32 bits per heavy atom. The van der Waals surface area contributed by atoms with Crippen LogP contribution >= 0.6 is 0 Å². The van der Waals surface area contributed by atoms with Crippen LogP contribution in [0.5, 0.6) is 0 Å². The molecule has 0 saturated carbocycles. The molecule has 1 aromatic rings. The highest BCUT2D eigenvalue weighted by atomic mass is 32.2. The molecule has 2 N–H and O–H groups in total. The minimum Gasteiger partial charge on any atom is -0.356 e. The minimum atomic E-state index is -3.36. The van der Waals surface area contributed by atoms with Gasteiger partial charge in [-0.2, -0.15) is 0 Å². The van der Waals surface area contributed by atoms with E-state index < -0.39 is 10.0 Å². The Labute approximate surface area is 114 Å². The van der Waals surface area contributed by atoms with Crippen LogP contribution in [-0.2, 0) is 10.0 Å². The Kier molecular flexibility index (Phi) is 4.05. The van der Waals surface area contributed by atoms with Crippen molar-refractivity contribution in [3.8, 4) is 0 Å². The number of sulfonamides is 1. The number of hydrogen-bond acceptors (Lipinski definition) is 5. The molecule has 7 heteroatoms. The Bertz CT molecular complexity index is 531. The zero-order chi connectivity index (χ0) is 14.0. The largest absolute Gasteiger partial charge is 0.356 e. The number of piperidine rings is 1. The molecule has 0 radical (unpaired) electrons. The van der Waals surface area contributed by atoms with Crippen molar-refractivity contribution >= 4 is 15.8 Å². The summed E-state index contributed by atoms with van der Waals surface area (Å²) >= 11 is 0. The number of anilines is 1. The minimum absolute atomic E-state index is 0.0860. The molecule has 0 bridgehead atoms. The molecular weight excluding hydrogens is 264 g/mol. The molecule has 2 heterocycles. The molecule has 0 aromatic carbocycles. The Hall–Kier alpha value is -1.21. The Balaban J connectivity index is 2.00. The molecule has 2 rings (SSSR count). The summed E-state index contributed by atoms with van der Waals surface area (Å²) in [5.41, 5.74) is 0.953. The summed E-state index contributed by atoms with van der Waals surface area (Å²) in [5.74, 6) is 1.94. The van der Waals surface area contributed by atoms with E-state index in [9.17, 15) is 8.42 Å². The predicted molar refractivity (Wildman–Crippen MR) is 74.4 cm³/mol. The lowest BCUT2D eigenvalue weighted by Gasteiger charge is -2.32. The van der Waals surface area contributed by atoms with E-state index in [4.69, 9.17) is 5.14 Å². The number of nitrogens with two attached hydrogens (primary N) is 1. The van der Waals surface area contributed by atoms with Gasteiger partial charge in [0.15, 0.2) is 0 Å². The zero-order valence-electron chi connectivity index (χ0n) is 11.3. The number of aryl methyl sites for hydroxylation is 2. The van der Waals surface area contributed by atoms with Crippen molar-refractivity contribution in [1.29, 1.82) is 0 Å². The molecule has 19 heavy (non-hydrogen) atoms. The lowest BCUT2D eigenvalue weighted by molar-refractivity contribution is 0.434. The maximum Gasteiger partial charge on any atom is 0.209 e. The number of primary sulfonamides is 1. The van der Waals surface area contributed by atoms with Gasteiger partial charge in [0.25, 0.3) is 0 Å². The van der Waals surface area contributed by atoms with Crippen LogP contribution in [0.2, 0.25) is 0 Å². The third-order valence-corrected chi connectivity index (χ3v) is 4.30. The lowest BCUT2D eigenvalue weighted by atomic mass is 9.99. The summed E-state index contributed by atoms with van der Waals surface area (Å²) in [6, 6.07) is 1.97. The molecular formula is C12H20N4O2S. The third kappa shape index (κ3) is 4.14. The van der Waals surface area contributed by atoms with Crippen LogP contribution in [0, 0.1) is 19.8 Å². The van der Waals surface area contributed by atoms with Gasteiger partial charge >= 0.3 is 0 Å². The first kappa shape index (κ1) is 14.2. The van der Waals surface area contributed by atoms with Crippen LogP contribution in [0.1, 0.15) is 24.4 Å². The molecule has 1 aliphatic rings. The van der Waals surface area contributed by atoms with Crippen LogP contribution in [0.3, 0.4) is 0 Å². The van der Waals surface area contributed by atoms with Gasteiger partial charge in [0.2, 0.25) is 10.0 Å². The quantitative estimate of drug-likeness (QED) is 0.878. The van der Waals surface area contributed by atoms with Gasteiger partial charge < -0.3 is 4.90 Å². The molecule has 6 nitrogen and oxygen atoms in total. The summed E-state index contributed by atoms with van der Waals surface area (Å²) in [5, 5.41) is 5.09. The molecule has 0 amide bonds. The van der Waals surface area contributed by atoms with Crippen molar-refractivity contribution in [2.75, 3.05) is 23.7 Å². The van der Waals surface area contributed by atoms with E-state index in [-0.39, 0.29) is 11.7 Å². The Morgan fingerprint density at radius 2 is 1.95 bits per heavy atom. The highest BCUT2D eigenvalue weighted by Gasteiger charge is 2.23. The number of aromatic nitrogens is 2. The summed E-state index contributed by atoms with van der Waals surface area (Å²) in [4.78, 5) is 10.9. The van der Waals surface area contributed by atoms with Crippen molar-refractivity contribution in [2.24, 2.45) is 11.1 Å². The number of nitrogens with zero attached hydrogens (tertiary/aromatic N) is 3. The second-order valence-corrected chi connectivity index (χ2v) is 6.83. The Morgan fingerprint density at radius 3 is 2.47 bits per heavy atom. The van der Waals surface area contributed by atoms with Crippen LogP contribution in [0.4, 0.5) is 5.82 Å². The maximum atomic E-state index is 11.1. The summed E-state index contributed by atoms with van der Waals surface area (Å²) in [6.07, 6.45) is 1.66. The van der Waals surface area contributed by atoms with E-state index >= 15 is 0 Å². The normalized spacial score (nSPS) is 17.7. The monoisotopic (exact) mass is 284 g/mol. The fourth-order valence-corrected chi connectivity index (χ4v) is 3.51. The van der Waals surface area contributed by atoms with Gasteiger partial charge in [-0.05, 0) is 32.6 Å². The van der Waals surface area contributed by atoms with E-state index in [0.717, 1.165) is 43.3 Å².